The number of ether oxygens (including phenoxy) is 1. The molecule has 1 aromatic rings. The number of nitrogens with zero attached hydrogens (tertiary/aromatic N) is 3. The second-order valence-corrected chi connectivity index (χ2v) is 5.82. The van der Waals surface area contributed by atoms with Crippen molar-refractivity contribution >= 4 is 5.97 Å². The molecular weight excluding hydrogens is 272 g/mol. The highest BCUT2D eigenvalue weighted by molar-refractivity contribution is 5.87. The third-order valence-electron chi connectivity index (χ3n) is 4.41. The van der Waals surface area contributed by atoms with Gasteiger partial charge in [0.1, 0.15) is 0 Å². The quantitative estimate of drug-likeness (QED) is 0.825. The highest BCUT2D eigenvalue weighted by atomic mass is 16.5. The summed E-state index contributed by atoms with van der Waals surface area (Å²) in [5.41, 5.74) is 2.00. The molecule has 0 unspecified atom stereocenters. The van der Waals surface area contributed by atoms with E-state index in [4.69, 9.17) is 4.74 Å². The molecule has 116 valence electrons. The van der Waals surface area contributed by atoms with Gasteiger partial charge in [-0.3, -0.25) is 14.9 Å². The number of rotatable bonds is 4. The molecule has 0 aromatic carbocycles. The molecule has 2 N–H and O–H groups in total. The molecular formula is C14H22N4O3. The van der Waals surface area contributed by atoms with Crippen molar-refractivity contribution in [2.24, 2.45) is 0 Å². The van der Waals surface area contributed by atoms with E-state index in [1.54, 1.807) is 0 Å². The van der Waals surface area contributed by atoms with Gasteiger partial charge in [0, 0.05) is 56.4 Å². The second-order valence-electron chi connectivity index (χ2n) is 5.82. The number of carboxylic acids is 1. The number of morpholine rings is 1. The standard InChI is InChI=1S/C14H22N4O3/c1-10(18-4-6-21-7-5-18)8-17-3-2-12-11(9-17)13(14(19)20)16-15-12/h10H,2-9H2,1H3,(H,15,16)(H,19,20)/t10-/m1/s1. The predicted molar refractivity (Wildman–Crippen MR) is 76.4 cm³/mol. The first-order chi connectivity index (χ1) is 10.1. The van der Waals surface area contributed by atoms with Gasteiger partial charge in [-0.15, -0.1) is 0 Å². The Kier molecular flexibility index (Phi) is 4.23. The molecule has 3 heterocycles. The Morgan fingerprint density at radius 1 is 1.43 bits per heavy atom. The third kappa shape index (κ3) is 3.09. The zero-order chi connectivity index (χ0) is 14.8. The molecule has 2 aliphatic rings. The number of fused-ring (bicyclic) bond motifs is 1. The van der Waals surface area contributed by atoms with E-state index in [1.165, 1.54) is 0 Å². The Morgan fingerprint density at radius 3 is 2.90 bits per heavy atom. The SMILES string of the molecule is C[C@H](CN1CCc2[nH]nc(C(=O)O)c2C1)N1CCOCC1. The number of aromatic carboxylic acids is 1. The van der Waals surface area contributed by atoms with Crippen molar-refractivity contribution in [2.75, 3.05) is 39.4 Å². The van der Waals surface area contributed by atoms with E-state index >= 15 is 0 Å². The Labute approximate surface area is 123 Å². The molecule has 0 aliphatic carbocycles. The lowest BCUT2D eigenvalue weighted by Gasteiger charge is -2.36. The number of carbonyl (C=O) groups is 1. The predicted octanol–water partition coefficient (Wildman–Crippen LogP) is 0.187. The van der Waals surface area contributed by atoms with E-state index in [-0.39, 0.29) is 5.69 Å². The van der Waals surface area contributed by atoms with E-state index in [0.29, 0.717) is 12.6 Å². The van der Waals surface area contributed by atoms with E-state index in [0.717, 1.165) is 57.1 Å². The lowest BCUT2D eigenvalue weighted by atomic mass is 10.0. The van der Waals surface area contributed by atoms with Crippen LogP contribution in [0.15, 0.2) is 0 Å². The fraction of sp³-hybridized carbons (Fsp3) is 0.714. The molecule has 7 heteroatoms. The van der Waals surface area contributed by atoms with Crippen molar-refractivity contribution in [1.29, 1.82) is 0 Å². The molecule has 0 radical (unpaired) electrons. The summed E-state index contributed by atoms with van der Waals surface area (Å²) in [6, 6.07) is 0.454. The van der Waals surface area contributed by atoms with E-state index < -0.39 is 5.97 Å². The number of carboxylic acid groups (broad SMARTS) is 1. The van der Waals surface area contributed by atoms with Crippen LogP contribution in [-0.2, 0) is 17.7 Å². The van der Waals surface area contributed by atoms with Crippen LogP contribution in [0.4, 0.5) is 0 Å². The summed E-state index contributed by atoms with van der Waals surface area (Å²) in [7, 11) is 0. The van der Waals surface area contributed by atoms with Crippen molar-refractivity contribution in [1.82, 2.24) is 20.0 Å². The van der Waals surface area contributed by atoms with Gasteiger partial charge in [-0.05, 0) is 6.92 Å². The average Bonchev–Trinajstić information content (AvgIpc) is 2.91. The summed E-state index contributed by atoms with van der Waals surface area (Å²) in [5, 5.41) is 16.0. The number of H-pyrrole nitrogens is 1. The van der Waals surface area contributed by atoms with Gasteiger partial charge in [0.25, 0.3) is 0 Å². The van der Waals surface area contributed by atoms with Crippen LogP contribution in [0.3, 0.4) is 0 Å². The zero-order valence-corrected chi connectivity index (χ0v) is 12.3. The summed E-state index contributed by atoms with van der Waals surface area (Å²) in [6.45, 7) is 8.36. The van der Waals surface area contributed by atoms with Crippen LogP contribution in [0, 0.1) is 0 Å². The highest BCUT2D eigenvalue weighted by Crippen LogP contribution is 2.21. The summed E-state index contributed by atoms with van der Waals surface area (Å²) in [4.78, 5) is 15.9. The van der Waals surface area contributed by atoms with Gasteiger partial charge in [0.15, 0.2) is 5.69 Å². The summed E-state index contributed by atoms with van der Waals surface area (Å²) in [5.74, 6) is -0.949. The largest absolute Gasteiger partial charge is 0.476 e. The third-order valence-corrected chi connectivity index (χ3v) is 4.41. The van der Waals surface area contributed by atoms with Crippen LogP contribution in [-0.4, -0.2) is 76.5 Å². The van der Waals surface area contributed by atoms with Gasteiger partial charge >= 0.3 is 5.97 Å². The van der Waals surface area contributed by atoms with Crippen molar-refractivity contribution < 1.29 is 14.6 Å². The maximum absolute atomic E-state index is 11.2. The van der Waals surface area contributed by atoms with E-state index in [9.17, 15) is 9.90 Å². The summed E-state index contributed by atoms with van der Waals surface area (Å²) in [6.07, 6.45) is 0.839. The van der Waals surface area contributed by atoms with Gasteiger partial charge in [-0.2, -0.15) is 5.10 Å². The fourth-order valence-corrected chi connectivity index (χ4v) is 3.19. The minimum Gasteiger partial charge on any atom is -0.476 e. The average molecular weight is 294 g/mol. The number of nitrogens with one attached hydrogen (secondary N) is 1. The van der Waals surface area contributed by atoms with Crippen LogP contribution >= 0.6 is 0 Å². The van der Waals surface area contributed by atoms with Crippen molar-refractivity contribution in [3.05, 3.63) is 17.0 Å². The van der Waals surface area contributed by atoms with E-state index in [1.807, 2.05) is 0 Å². The van der Waals surface area contributed by atoms with Crippen LogP contribution in [0.1, 0.15) is 28.7 Å². The molecule has 0 bridgehead atoms. The van der Waals surface area contributed by atoms with Gasteiger partial charge in [-0.25, -0.2) is 4.79 Å². The molecule has 1 atom stereocenters. The molecule has 7 nitrogen and oxygen atoms in total. The summed E-state index contributed by atoms with van der Waals surface area (Å²) >= 11 is 0. The number of aromatic nitrogens is 2. The smallest absolute Gasteiger partial charge is 0.356 e. The van der Waals surface area contributed by atoms with E-state index in [2.05, 4.69) is 26.9 Å². The molecule has 0 saturated carbocycles. The maximum atomic E-state index is 11.2. The van der Waals surface area contributed by atoms with Gasteiger partial charge in [0.2, 0.25) is 0 Å². The molecule has 3 rings (SSSR count). The summed E-state index contributed by atoms with van der Waals surface area (Å²) < 4.78 is 5.39. The molecule has 1 aromatic heterocycles. The van der Waals surface area contributed by atoms with Crippen LogP contribution in [0.2, 0.25) is 0 Å². The fourth-order valence-electron chi connectivity index (χ4n) is 3.19. The monoisotopic (exact) mass is 294 g/mol. The Hall–Kier alpha value is -1.44. The zero-order valence-electron chi connectivity index (χ0n) is 12.3. The Balaban J connectivity index is 1.62. The minimum absolute atomic E-state index is 0.175. The van der Waals surface area contributed by atoms with Crippen molar-refractivity contribution in [3.63, 3.8) is 0 Å². The molecule has 0 spiro atoms. The second kappa shape index (κ2) is 6.13. The molecule has 21 heavy (non-hydrogen) atoms. The van der Waals surface area contributed by atoms with Gasteiger partial charge in [0.05, 0.1) is 13.2 Å². The molecule has 2 aliphatic heterocycles. The first kappa shape index (κ1) is 14.5. The Bertz CT molecular complexity index is 510. The van der Waals surface area contributed by atoms with Gasteiger partial charge < -0.3 is 9.84 Å². The topological polar surface area (TPSA) is 81.7 Å². The normalized spacial score (nSPS) is 22.0. The first-order valence-corrected chi connectivity index (χ1v) is 7.48. The van der Waals surface area contributed by atoms with Crippen LogP contribution in [0.25, 0.3) is 0 Å². The lowest BCUT2D eigenvalue weighted by molar-refractivity contribution is 0.0114. The lowest BCUT2D eigenvalue weighted by Crippen LogP contribution is -2.48. The maximum Gasteiger partial charge on any atom is 0.356 e. The number of aromatic amines is 1. The molecule has 1 fully saturated rings. The molecule has 1 saturated heterocycles. The van der Waals surface area contributed by atoms with Crippen molar-refractivity contribution in [2.45, 2.75) is 25.9 Å². The van der Waals surface area contributed by atoms with Crippen LogP contribution < -0.4 is 0 Å². The number of hydrogen-bond donors (Lipinski definition) is 2. The van der Waals surface area contributed by atoms with Gasteiger partial charge in [-0.1, -0.05) is 0 Å². The first-order valence-electron chi connectivity index (χ1n) is 7.48. The molecule has 0 amide bonds. The minimum atomic E-state index is -0.949. The highest BCUT2D eigenvalue weighted by Gasteiger charge is 2.27. The van der Waals surface area contributed by atoms with Crippen LogP contribution in [0.5, 0.6) is 0 Å². The van der Waals surface area contributed by atoms with Crippen molar-refractivity contribution in [3.8, 4) is 0 Å². The number of hydrogen-bond acceptors (Lipinski definition) is 5. The Morgan fingerprint density at radius 2 is 2.19 bits per heavy atom.